The number of hydrogen-bond acceptors (Lipinski definition) is 2. The van der Waals surface area contributed by atoms with Crippen molar-refractivity contribution in [3.05, 3.63) is 15.5 Å². The maximum Gasteiger partial charge on any atom is 0.0908 e. The Labute approximate surface area is 61.0 Å². The third-order valence-corrected chi connectivity index (χ3v) is 2.17. The first-order valence-corrected chi connectivity index (χ1v) is 4.00. The summed E-state index contributed by atoms with van der Waals surface area (Å²) in [5, 5.41) is 0. The molecule has 0 spiro atoms. The zero-order valence-electron chi connectivity index (χ0n) is 4.52. The third kappa shape index (κ3) is 1.29. The van der Waals surface area contributed by atoms with Crippen LogP contribution < -0.4 is 0 Å². The van der Waals surface area contributed by atoms with Crippen LogP contribution in [0.3, 0.4) is 0 Å². The van der Waals surface area contributed by atoms with Crippen molar-refractivity contribution in [1.82, 2.24) is 4.37 Å². The largest absolute Gasteiger partial charge is 0.197 e. The van der Waals surface area contributed by atoms with Crippen LogP contribution in [-0.2, 0) is 6.42 Å². The molecule has 0 aliphatic heterocycles. The van der Waals surface area contributed by atoms with E-state index in [4.69, 9.17) is 0 Å². The lowest BCUT2D eigenvalue weighted by atomic mass is 10.4. The Balaban J connectivity index is 2.84. The van der Waals surface area contributed by atoms with Crippen molar-refractivity contribution in [3.63, 3.8) is 0 Å². The van der Waals surface area contributed by atoms with Gasteiger partial charge in [0.15, 0.2) is 0 Å². The summed E-state index contributed by atoms with van der Waals surface area (Å²) in [6.45, 7) is 2.10. The highest BCUT2D eigenvalue weighted by Crippen LogP contribution is 2.16. The summed E-state index contributed by atoms with van der Waals surface area (Å²) in [5.74, 6) is 0. The molecule has 3 heteroatoms. The Morgan fingerprint density at radius 3 is 2.88 bits per heavy atom. The molecule has 0 aromatic carbocycles. The Morgan fingerprint density at radius 1 is 1.88 bits per heavy atom. The van der Waals surface area contributed by atoms with Crippen molar-refractivity contribution in [2.24, 2.45) is 0 Å². The molecule has 0 unspecified atom stereocenters. The maximum absolute atomic E-state index is 4.13. The van der Waals surface area contributed by atoms with E-state index in [1.807, 2.05) is 6.07 Å². The molecule has 0 amide bonds. The molecule has 0 saturated carbocycles. The number of aromatic nitrogens is 1. The number of aryl methyl sites for hydroxylation is 1. The summed E-state index contributed by atoms with van der Waals surface area (Å²) in [7, 11) is 0. The van der Waals surface area contributed by atoms with Crippen LogP contribution in [-0.4, -0.2) is 4.37 Å². The highest BCUT2D eigenvalue weighted by Gasteiger charge is 1.92. The quantitative estimate of drug-likeness (QED) is 0.665. The van der Waals surface area contributed by atoms with Crippen molar-refractivity contribution >= 4 is 27.5 Å². The zero-order chi connectivity index (χ0) is 5.98. The van der Waals surface area contributed by atoms with E-state index in [1.54, 1.807) is 0 Å². The van der Waals surface area contributed by atoms with E-state index in [-0.39, 0.29) is 0 Å². The third-order valence-electron chi connectivity index (χ3n) is 0.892. The van der Waals surface area contributed by atoms with Crippen LogP contribution in [0.1, 0.15) is 12.6 Å². The van der Waals surface area contributed by atoms with Crippen LogP contribution in [0.5, 0.6) is 0 Å². The van der Waals surface area contributed by atoms with Gasteiger partial charge in [-0.1, -0.05) is 6.92 Å². The monoisotopic (exact) mass is 191 g/mol. The molecule has 0 saturated heterocycles. The molecule has 44 valence electrons. The van der Waals surface area contributed by atoms with Gasteiger partial charge in [0.2, 0.25) is 0 Å². The molecule has 0 atom stereocenters. The lowest BCUT2D eigenvalue weighted by Gasteiger charge is -1.77. The minimum absolute atomic E-state index is 1.03. The molecule has 1 rings (SSSR count). The highest BCUT2D eigenvalue weighted by atomic mass is 79.9. The van der Waals surface area contributed by atoms with Crippen LogP contribution in [0.4, 0.5) is 0 Å². The van der Waals surface area contributed by atoms with Gasteiger partial charge >= 0.3 is 0 Å². The summed E-state index contributed by atoms with van der Waals surface area (Å²) in [6, 6.07) is 2.05. The first kappa shape index (κ1) is 6.23. The van der Waals surface area contributed by atoms with Crippen LogP contribution in [0, 0.1) is 0 Å². The Kier molecular flexibility index (Phi) is 2.02. The lowest BCUT2D eigenvalue weighted by Crippen LogP contribution is -1.72. The predicted molar refractivity (Wildman–Crippen MR) is 39.2 cm³/mol. The second-order valence-corrected chi connectivity index (χ2v) is 3.66. The first-order chi connectivity index (χ1) is 3.83. The fourth-order valence-corrected chi connectivity index (χ4v) is 1.51. The molecule has 0 bridgehead atoms. The lowest BCUT2D eigenvalue weighted by molar-refractivity contribution is 1.09. The van der Waals surface area contributed by atoms with Gasteiger partial charge in [0.05, 0.1) is 9.48 Å². The van der Waals surface area contributed by atoms with Gasteiger partial charge in [0, 0.05) is 0 Å². The molecular weight excluding hydrogens is 186 g/mol. The molecule has 0 aliphatic carbocycles. The topological polar surface area (TPSA) is 12.9 Å². The van der Waals surface area contributed by atoms with Crippen molar-refractivity contribution in [1.29, 1.82) is 0 Å². The normalized spacial score (nSPS) is 9.75. The van der Waals surface area contributed by atoms with Gasteiger partial charge in [-0.05, 0) is 39.9 Å². The zero-order valence-corrected chi connectivity index (χ0v) is 6.92. The maximum atomic E-state index is 4.13. The van der Waals surface area contributed by atoms with Crippen LogP contribution in [0.2, 0.25) is 0 Å². The average molecular weight is 192 g/mol. The summed E-state index contributed by atoms with van der Waals surface area (Å²) < 4.78 is 5.25. The second kappa shape index (κ2) is 2.60. The summed E-state index contributed by atoms with van der Waals surface area (Å²) in [5.41, 5.74) is 1.17. The minimum atomic E-state index is 1.03. The fraction of sp³-hybridized carbons (Fsp3) is 0.400. The van der Waals surface area contributed by atoms with Crippen LogP contribution in [0.25, 0.3) is 0 Å². The van der Waals surface area contributed by atoms with E-state index in [0.717, 1.165) is 10.2 Å². The van der Waals surface area contributed by atoms with Crippen molar-refractivity contribution in [3.8, 4) is 0 Å². The molecule has 1 aromatic heterocycles. The predicted octanol–water partition coefficient (Wildman–Crippen LogP) is 2.47. The molecule has 0 fully saturated rings. The van der Waals surface area contributed by atoms with E-state index >= 15 is 0 Å². The number of halogens is 1. The van der Waals surface area contributed by atoms with Gasteiger partial charge in [-0.2, -0.15) is 4.37 Å². The van der Waals surface area contributed by atoms with Crippen molar-refractivity contribution in [2.45, 2.75) is 13.3 Å². The van der Waals surface area contributed by atoms with Gasteiger partial charge in [-0.15, -0.1) is 0 Å². The van der Waals surface area contributed by atoms with Crippen LogP contribution in [0.15, 0.2) is 9.85 Å². The molecule has 1 nitrogen and oxygen atoms in total. The summed E-state index contributed by atoms with van der Waals surface area (Å²) in [4.78, 5) is 0. The Hall–Kier alpha value is 0.110. The number of rotatable bonds is 1. The second-order valence-electron chi connectivity index (χ2n) is 1.48. The van der Waals surface area contributed by atoms with Gasteiger partial charge in [0.1, 0.15) is 0 Å². The van der Waals surface area contributed by atoms with E-state index in [9.17, 15) is 0 Å². The number of hydrogen-bond donors (Lipinski definition) is 0. The molecule has 8 heavy (non-hydrogen) atoms. The molecule has 1 aromatic rings. The molecule has 0 aliphatic rings. The van der Waals surface area contributed by atoms with Gasteiger partial charge in [0.25, 0.3) is 0 Å². The molecule has 0 N–H and O–H groups in total. The van der Waals surface area contributed by atoms with Gasteiger partial charge in [-0.3, -0.25) is 0 Å². The Morgan fingerprint density at radius 2 is 2.62 bits per heavy atom. The fourth-order valence-electron chi connectivity index (χ4n) is 0.453. The van der Waals surface area contributed by atoms with E-state index in [0.29, 0.717) is 0 Å². The SMILES string of the molecule is CCc1cc(Br)sn1. The summed E-state index contributed by atoms with van der Waals surface area (Å²) in [6.07, 6.45) is 1.03. The molecular formula is C5H6BrNS. The molecule has 1 heterocycles. The van der Waals surface area contributed by atoms with Crippen LogP contribution >= 0.6 is 27.5 Å². The smallest absolute Gasteiger partial charge is 0.0908 e. The molecule has 0 radical (unpaired) electrons. The van der Waals surface area contributed by atoms with Crippen molar-refractivity contribution in [2.75, 3.05) is 0 Å². The standard InChI is InChI=1S/C5H6BrNS/c1-2-4-3-5(6)8-7-4/h3H,2H2,1H3. The average Bonchev–Trinajstić information content (AvgIpc) is 2.14. The number of nitrogens with zero attached hydrogens (tertiary/aromatic N) is 1. The van der Waals surface area contributed by atoms with E-state index in [1.165, 1.54) is 17.2 Å². The Bertz CT molecular complexity index is 173. The van der Waals surface area contributed by atoms with Crippen molar-refractivity contribution < 1.29 is 0 Å². The summed E-state index contributed by atoms with van der Waals surface area (Å²) >= 11 is 4.82. The van der Waals surface area contributed by atoms with E-state index in [2.05, 4.69) is 27.2 Å². The van der Waals surface area contributed by atoms with Gasteiger partial charge < -0.3 is 0 Å². The van der Waals surface area contributed by atoms with E-state index < -0.39 is 0 Å². The first-order valence-electron chi connectivity index (χ1n) is 2.44. The highest BCUT2D eigenvalue weighted by molar-refractivity contribution is 9.11. The minimum Gasteiger partial charge on any atom is -0.197 e. The van der Waals surface area contributed by atoms with Gasteiger partial charge in [-0.25, -0.2) is 0 Å².